The lowest BCUT2D eigenvalue weighted by atomic mass is 9.82. The van der Waals surface area contributed by atoms with E-state index in [4.69, 9.17) is 11.1 Å². The Kier molecular flexibility index (Phi) is 3.64. The summed E-state index contributed by atoms with van der Waals surface area (Å²) >= 11 is 1.59. The zero-order valence-electron chi connectivity index (χ0n) is 13.4. The number of nitrogen functional groups attached to an aromatic ring is 1. The fourth-order valence-corrected chi connectivity index (χ4v) is 3.96. The molecule has 5 nitrogen and oxygen atoms in total. The van der Waals surface area contributed by atoms with Gasteiger partial charge in [-0.25, -0.2) is 0 Å². The molecule has 23 heavy (non-hydrogen) atoms. The van der Waals surface area contributed by atoms with E-state index in [1.807, 2.05) is 38.1 Å². The first-order valence-electron chi connectivity index (χ1n) is 7.42. The van der Waals surface area contributed by atoms with Crippen molar-refractivity contribution in [3.05, 3.63) is 40.6 Å². The number of hydrogen-bond acceptors (Lipinski definition) is 4. The Morgan fingerprint density at radius 2 is 2.09 bits per heavy atom. The van der Waals surface area contributed by atoms with Crippen LogP contribution < -0.4 is 11.1 Å². The molecule has 2 aromatic rings. The van der Waals surface area contributed by atoms with Gasteiger partial charge in [-0.2, -0.15) is 0 Å². The van der Waals surface area contributed by atoms with Crippen molar-refractivity contribution in [1.29, 1.82) is 5.41 Å². The van der Waals surface area contributed by atoms with E-state index in [1.165, 1.54) is 4.90 Å². The van der Waals surface area contributed by atoms with E-state index in [1.54, 1.807) is 18.4 Å². The number of benzene rings is 1. The molecule has 1 unspecified atom stereocenters. The summed E-state index contributed by atoms with van der Waals surface area (Å²) in [5.74, 6) is -0.168. The van der Waals surface area contributed by atoms with Crippen molar-refractivity contribution in [2.24, 2.45) is 5.92 Å². The van der Waals surface area contributed by atoms with Gasteiger partial charge in [-0.1, -0.05) is 19.1 Å². The number of amides is 1. The lowest BCUT2D eigenvalue weighted by Gasteiger charge is -2.43. The summed E-state index contributed by atoms with van der Waals surface area (Å²) in [5.41, 5.74) is 8.13. The van der Waals surface area contributed by atoms with Gasteiger partial charge in [0.1, 0.15) is 0 Å². The van der Waals surface area contributed by atoms with Crippen molar-refractivity contribution in [3.8, 4) is 11.1 Å². The van der Waals surface area contributed by atoms with Gasteiger partial charge in [0.15, 0.2) is 5.96 Å². The highest BCUT2D eigenvalue weighted by molar-refractivity contribution is 7.10. The van der Waals surface area contributed by atoms with E-state index >= 15 is 0 Å². The molecule has 0 saturated carbocycles. The van der Waals surface area contributed by atoms with Crippen LogP contribution in [0.5, 0.6) is 0 Å². The number of carbonyl (C=O) groups excluding carboxylic acids is 1. The van der Waals surface area contributed by atoms with Gasteiger partial charge in [0, 0.05) is 17.6 Å². The maximum Gasteiger partial charge on any atom is 0.234 e. The monoisotopic (exact) mass is 328 g/mol. The molecular formula is C17H20N4OS. The van der Waals surface area contributed by atoms with Gasteiger partial charge in [-0.05, 0) is 41.6 Å². The minimum absolute atomic E-state index is 0.0462. The average Bonchev–Trinajstić information content (AvgIpc) is 3.02. The third-order valence-corrected chi connectivity index (χ3v) is 5.78. The lowest BCUT2D eigenvalue weighted by molar-refractivity contribution is -0.134. The first kappa shape index (κ1) is 15.6. The predicted octanol–water partition coefficient (Wildman–Crippen LogP) is 2.84. The first-order valence-corrected chi connectivity index (χ1v) is 8.30. The fraction of sp³-hybridized carbons (Fsp3) is 0.294. The van der Waals surface area contributed by atoms with E-state index in [2.05, 4.69) is 16.8 Å². The van der Waals surface area contributed by atoms with Gasteiger partial charge < -0.3 is 11.1 Å². The van der Waals surface area contributed by atoms with Gasteiger partial charge in [0.2, 0.25) is 5.91 Å². The highest BCUT2D eigenvalue weighted by Crippen LogP contribution is 2.39. The minimum atomic E-state index is -0.579. The topological polar surface area (TPSA) is 82.2 Å². The van der Waals surface area contributed by atoms with Crippen molar-refractivity contribution in [1.82, 2.24) is 10.2 Å². The average molecular weight is 328 g/mol. The molecule has 1 saturated heterocycles. The zero-order valence-corrected chi connectivity index (χ0v) is 14.2. The quantitative estimate of drug-likeness (QED) is 0.741. The molecule has 2 atom stereocenters. The molecule has 1 aromatic heterocycles. The molecule has 0 spiro atoms. The zero-order chi connectivity index (χ0) is 16.8. The molecule has 1 aliphatic heterocycles. The molecule has 0 aliphatic carbocycles. The number of guanidine groups is 1. The highest BCUT2D eigenvalue weighted by Gasteiger charge is 2.45. The van der Waals surface area contributed by atoms with Gasteiger partial charge in [0.25, 0.3) is 0 Å². The normalized spacial score (nSPS) is 24.7. The Balaban J connectivity index is 1.99. The van der Waals surface area contributed by atoms with Crippen LogP contribution in [0.15, 0.2) is 35.7 Å². The standard InChI is InChI=1S/C17H20N4OS/c1-10-15(22)21(3)16(19)20-17(10,2)14-8-12(9-23-14)11-5-4-6-13(18)7-11/h4-10H,18H2,1-3H3,(H2,19,20)/t10?,17-/m0/s1. The van der Waals surface area contributed by atoms with Gasteiger partial charge in [0.05, 0.1) is 11.5 Å². The third-order valence-electron chi connectivity index (χ3n) is 4.61. The first-order chi connectivity index (χ1) is 10.8. The number of nitrogens with one attached hydrogen (secondary N) is 2. The molecule has 0 radical (unpaired) electrons. The van der Waals surface area contributed by atoms with E-state index in [-0.39, 0.29) is 17.8 Å². The van der Waals surface area contributed by atoms with Gasteiger partial charge in [-0.3, -0.25) is 15.1 Å². The summed E-state index contributed by atoms with van der Waals surface area (Å²) in [7, 11) is 1.63. The smallest absolute Gasteiger partial charge is 0.234 e. The summed E-state index contributed by atoms with van der Waals surface area (Å²) in [4.78, 5) is 14.8. The van der Waals surface area contributed by atoms with E-state index in [9.17, 15) is 4.79 Å². The number of carbonyl (C=O) groups is 1. The number of hydrogen-bond donors (Lipinski definition) is 3. The van der Waals surface area contributed by atoms with Gasteiger partial charge >= 0.3 is 0 Å². The number of nitrogens with zero attached hydrogens (tertiary/aromatic N) is 1. The maximum atomic E-state index is 12.4. The van der Waals surface area contributed by atoms with E-state index in [0.29, 0.717) is 0 Å². The molecule has 4 N–H and O–H groups in total. The SMILES string of the molecule is CC1C(=O)N(C)C(=N)N[C@]1(C)c1cc(-c2cccc(N)c2)cs1. The van der Waals surface area contributed by atoms with Crippen LogP contribution in [0.4, 0.5) is 5.69 Å². The summed E-state index contributed by atoms with van der Waals surface area (Å²) < 4.78 is 0. The Bertz CT molecular complexity index is 784. The highest BCUT2D eigenvalue weighted by atomic mass is 32.1. The Morgan fingerprint density at radius 3 is 2.78 bits per heavy atom. The summed E-state index contributed by atoms with van der Waals surface area (Å²) in [5, 5.41) is 13.3. The minimum Gasteiger partial charge on any atom is -0.399 e. The van der Waals surface area contributed by atoms with Crippen molar-refractivity contribution in [2.75, 3.05) is 12.8 Å². The van der Waals surface area contributed by atoms with Crippen molar-refractivity contribution in [2.45, 2.75) is 19.4 Å². The molecule has 120 valence electrons. The Labute approximate surface area is 139 Å². The maximum absolute atomic E-state index is 12.4. The molecular weight excluding hydrogens is 308 g/mol. The Hall–Kier alpha value is -2.34. The second-order valence-electron chi connectivity index (χ2n) is 6.12. The van der Waals surface area contributed by atoms with Crippen LogP contribution >= 0.6 is 11.3 Å². The molecule has 1 aromatic carbocycles. The number of rotatable bonds is 2. The van der Waals surface area contributed by atoms with E-state index < -0.39 is 5.54 Å². The summed E-state index contributed by atoms with van der Waals surface area (Å²) in [6.45, 7) is 3.88. The van der Waals surface area contributed by atoms with Gasteiger partial charge in [-0.15, -0.1) is 11.3 Å². The molecule has 1 aliphatic rings. The second-order valence-corrected chi connectivity index (χ2v) is 7.03. The lowest BCUT2D eigenvalue weighted by Crippen LogP contribution is -2.62. The second kappa shape index (κ2) is 5.38. The molecule has 2 heterocycles. The van der Waals surface area contributed by atoms with Crippen LogP contribution in [-0.4, -0.2) is 23.8 Å². The molecule has 0 bridgehead atoms. The summed E-state index contributed by atoms with van der Waals surface area (Å²) in [6, 6.07) is 9.82. The molecule has 6 heteroatoms. The number of nitrogens with two attached hydrogens (primary N) is 1. The van der Waals surface area contributed by atoms with Crippen LogP contribution in [0, 0.1) is 11.3 Å². The van der Waals surface area contributed by atoms with Crippen LogP contribution in [0.3, 0.4) is 0 Å². The third kappa shape index (κ3) is 2.49. The molecule has 3 rings (SSSR count). The van der Waals surface area contributed by atoms with Crippen molar-refractivity contribution >= 4 is 28.9 Å². The van der Waals surface area contributed by atoms with Crippen molar-refractivity contribution in [3.63, 3.8) is 0 Å². The number of anilines is 1. The fourth-order valence-electron chi connectivity index (χ4n) is 2.84. The van der Waals surface area contributed by atoms with E-state index in [0.717, 1.165) is 21.7 Å². The van der Waals surface area contributed by atoms with Crippen molar-refractivity contribution < 1.29 is 4.79 Å². The Morgan fingerprint density at radius 1 is 1.35 bits per heavy atom. The van der Waals surface area contributed by atoms with Crippen LogP contribution in [0.1, 0.15) is 18.7 Å². The summed E-state index contributed by atoms with van der Waals surface area (Å²) in [6.07, 6.45) is 0. The molecule has 1 fully saturated rings. The molecule has 1 amide bonds. The predicted molar refractivity (Wildman–Crippen MR) is 94.3 cm³/mol. The largest absolute Gasteiger partial charge is 0.399 e. The van der Waals surface area contributed by atoms with Crippen LogP contribution in [-0.2, 0) is 10.3 Å². The number of thiophene rings is 1. The van der Waals surface area contributed by atoms with Crippen LogP contribution in [0.25, 0.3) is 11.1 Å². The van der Waals surface area contributed by atoms with Crippen LogP contribution in [0.2, 0.25) is 0 Å².